The summed E-state index contributed by atoms with van der Waals surface area (Å²) in [4.78, 5) is 2.60. The number of rotatable bonds is 8. The highest BCUT2D eigenvalue weighted by Crippen LogP contribution is 2.34. The Labute approximate surface area is 113 Å². The number of aromatic nitrogens is 2. The molecule has 1 N–H and O–H groups in total. The minimum atomic E-state index is 0.919. The lowest BCUT2D eigenvalue weighted by atomic mass is 10.3. The molecule has 0 spiro atoms. The molecule has 0 bridgehead atoms. The molecule has 5 heteroatoms. The van der Waals surface area contributed by atoms with Gasteiger partial charge in [0.25, 0.3) is 0 Å². The van der Waals surface area contributed by atoms with Crippen LogP contribution in [0.5, 0.6) is 0 Å². The van der Waals surface area contributed by atoms with Crippen LogP contribution in [0.15, 0.2) is 0 Å². The van der Waals surface area contributed by atoms with Crippen LogP contribution in [-0.4, -0.2) is 34.7 Å². The largest absolute Gasteiger partial charge is 0.360 e. The van der Waals surface area contributed by atoms with E-state index in [0.717, 1.165) is 35.1 Å². The Kier molecular flexibility index (Phi) is 3.80. The fourth-order valence-corrected chi connectivity index (χ4v) is 3.12. The molecule has 1 aromatic heterocycles. The van der Waals surface area contributed by atoms with Gasteiger partial charge in [0.15, 0.2) is 0 Å². The highest BCUT2D eigenvalue weighted by molar-refractivity contribution is 7.15. The van der Waals surface area contributed by atoms with Gasteiger partial charge in [0.1, 0.15) is 5.01 Å². The van der Waals surface area contributed by atoms with Gasteiger partial charge in [0.2, 0.25) is 5.13 Å². The monoisotopic (exact) mass is 266 g/mol. The second kappa shape index (κ2) is 5.53. The summed E-state index contributed by atoms with van der Waals surface area (Å²) in [7, 11) is 0. The molecule has 2 saturated carbocycles. The van der Waals surface area contributed by atoms with Crippen molar-refractivity contribution in [3.05, 3.63) is 5.01 Å². The molecule has 2 fully saturated rings. The van der Waals surface area contributed by atoms with Gasteiger partial charge in [-0.05, 0) is 44.4 Å². The molecule has 3 rings (SSSR count). The van der Waals surface area contributed by atoms with E-state index in [1.54, 1.807) is 11.3 Å². The van der Waals surface area contributed by atoms with Crippen molar-refractivity contribution in [1.29, 1.82) is 0 Å². The standard InChI is InChI=1S/C13H22N4S/c1-2-14-13-16-15-12(18-13)9-17(7-10-3-4-10)8-11-5-6-11/h10-11H,2-9H2,1H3,(H,14,16). The van der Waals surface area contributed by atoms with Gasteiger partial charge in [-0.1, -0.05) is 11.3 Å². The summed E-state index contributed by atoms with van der Waals surface area (Å²) in [6.07, 6.45) is 5.72. The summed E-state index contributed by atoms with van der Waals surface area (Å²) < 4.78 is 0. The molecule has 100 valence electrons. The Morgan fingerprint density at radius 3 is 2.39 bits per heavy atom. The Bertz CT molecular complexity index is 370. The first-order valence-corrected chi connectivity index (χ1v) is 7.93. The first-order chi connectivity index (χ1) is 8.83. The second-order valence-electron chi connectivity index (χ2n) is 5.61. The van der Waals surface area contributed by atoms with Gasteiger partial charge in [-0.15, -0.1) is 10.2 Å². The average Bonchev–Trinajstić information content (AvgIpc) is 3.24. The molecule has 0 unspecified atom stereocenters. The van der Waals surface area contributed by atoms with Gasteiger partial charge in [0.05, 0.1) is 6.54 Å². The maximum absolute atomic E-state index is 4.29. The zero-order valence-electron chi connectivity index (χ0n) is 11.1. The van der Waals surface area contributed by atoms with Crippen LogP contribution in [-0.2, 0) is 6.54 Å². The smallest absolute Gasteiger partial charge is 0.205 e. The maximum atomic E-state index is 4.29. The first kappa shape index (κ1) is 12.4. The van der Waals surface area contributed by atoms with Crippen LogP contribution in [0.1, 0.15) is 37.6 Å². The van der Waals surface area contributed by atoms with Crippen LogP contribution in [0.4, 0.5) is 5.13 Å². The van der Waals surface area contributed by atoms with Gasteiger partial charge in [-0.3, -0.25) is 4.90 Å². The lowest BCUT2D eigenvalue weighted by Gasteiger charge is -2.20. The summed E-state index contributed by atoms with van der Waals surface area (Å²) in [6, 6.07) is 0. The number of anilines is 1. The predicted octanol–water partition coefficient (Wildman–Crippen LogP) is 2.59. The molecule has 0 amide bonds. The third-order valence-electron chi connectivity index (χ3n) is 3.58. The minimum absolute atomic E-state index is 0.919. The fraction of sp³-hybridized carbons (Fsp3) is 0.846. The second-order valence-corrected chi connectivity index (χ2v) is 6.67. The molecule has 4 nitrogen and oxygen atoms in total. The van der Waals surface area contributed by atoms with Crippen LogP contribution in [0, 0.1) is 11.8 Å². The summed E-state index contributed by atoms with van der Waals surface area (Å²) in [5.41, 5.74) is 0. The van der Waals surface area contributed by atoms with E-state index in [0.29, 0.717) is 0 Å². The number of hydrogen-bond donors (Lipinski definition) is 1. The number of nitrogens with one attached hydrogen (secondary N) is 1. The van der Waals surface area contributed by atoms with Crippen LogP contribution in [0.2, 0.25) is 0 Å². The first-order valence-electron chi connectivity index (χ1n) is 7.12. The van der Waals surface area contributed by atoms with E-state index >= 15 is 0 Å². The summed E-state index contributed by atoms with van der Waals surface area (Å²) in [5, 5.41) is 13.8. The Morgan fingerprint density at radius 2 is 1.83 bits per heavy atom. The van der Waals surface area contributed by atoms with Gasteiger partial charge >= 0.3 is 0 Å². The zero-order chi connectivity index (χ0) is 12.4. The molecule has 0 saturated heterocycles. The maximum Gasteiger partial charge on any atom is 0.205 e. The van der Waals surface area contributed by atoms with Crippen molar-refractivity contribution < 1.29 is 0 Å². The van der Waals surface area contributed by atoms with Crippen LogP contribution in [0.3, 0.4) is 0 Å². The topological polar surface area (TPSA) is 41.1 Å². The third-order valence-corrected chi connectivity index (χ3v) is 4.45. The molecule has 0 aromatic carbocycles. The quantitative estimate of drug-likeness (QED) is 0.785. The van der Waals surface area contributed by atoms with E-state index in [4.69, 9.17) is 0 Å². The van der Waals surface area contributed by atoms with Crippen molar-refractivity contribution in [1.82, 2.24) is 15.1 Å². The van der Waals surface area contributed by atoms with Crippen molar-refractivity contribution in [2.75, 3.05) is 25.0 Å². The lowest BCUT2D eigenvalue weighted by molar-refractivity contribution is 0.243. The Balaban J connectivity index is 1.54. The number of hydrogen-bond acceptors (Lipinski definition) is 5. The molecule has 0 atom stereocenters. The normalized spacial score (nSPS) is 19.4. The molecule has 2 aliphatic carbocycles. The molecular formula is C13H22N4S. The van der Waals surface area contributed by atoms with Crippen LogP contribution in [0.25, 0.3) is 0 Å². The van der Waals surface area contributed by atoms with E-state index < -0.39 is 0 Å². The third kappa shape index (κ3) is 3.65. The van der Waals surface area contributed by atoms with Gasteiger partial charge < -0.3 is 5.32 Å². The Hall–Kier alpha value is -0.680. The van der Waals surface area contributed by atoms with Crippen molar-refractivity contribution in [2.45, 2.75) is 39.2 Å². The van der Waals surface area contributed by atoms with Crippen molar-refractivity contribution in [2.24, 2.45) is 11.8 Å². The summed E-state index contributed by atoms with van der Waals surface area (Å²) in [5.74, 6) is 1.93. The molecule has 18 heavy (non-hydrogen) atoms. The van der Waals surface area contributed by atoms with Gasteiger partial charge in [-0.25, -0.2) is 0 Å². The van der Waals surface area contributed by atoms with E-state index in [9.17, 15) is 0 Å². The SMILES string of the molecule is CCNc1nnc(CN(CC2CC2)CC2CC2)s1. The molecule has 1 heterocycles. The Morgan fingerprint density at radius 1 is 1.17 bits per heavy atom. The average molecular weight is 266 g/mol. The predicted molar refractivity (Wildman–Crippen MR) is 74.8 cm³/mol. The zero-order valence-corrected chi connectivity index (χ0v) is 11.9. The molecule has 2 aliphatic rings. The fourth-order valence-electron chi connectivity index (χ4n) is 2.27. The highest BCUT2D eigenvalue weighted by Gasteiger charge is 2.29. The summed E-state index contributed by atoms with van der Waals surface area (Å²) in [6.45, 7) is 6.55. The van der Waals surface area contributed by atoms with Gasteiger partial charge in [0, 0.05) is 19.6 Å². The highest BCUT2D eigenvalue weighted by atomic mass is 32.1. The van der Waals surface area contributed by atoms with E-state index in [1.165, 1.54) is 38.8 Å². The van der Waals surface area contributed by atoms with Crippen molar-refractivity contribution in [3.63, 3.8) is 0 Å². The molecule has 0 aliphatic heterocycles. The number of nitrogens with zero attached hydrogens (tertiary/aromatic N) is 3. The molecule has 0 radical (unpaired) electrons. The van der Waals surface area contributed by atoms with E-state index in [-0.39, 0.29) is 0 Å². The lowest BCUT2D eigenvalue weighted by Crippen LogP contribution is -2.27. The van der Waals surface area contributed by atoms with Gasteiger partial charge in [-0.2, -0.15) is 0 Å². The van der Waals surface area contributed by atoms with E-state index in [1.807, 2.05) is 0 Å². The van der Waals surface area contributed by atoms with E-state index in [2.05, 4.69) is 27.3 Å². The summed E-state index contributed by atoms with van der Waals surface area (Å²) >= 11 is 1.71. The van der Waals surface area contributed by atoms with Crippen molar-refractivity contribution in [3.8, 4) is 0 Å². The van der Waals surface area contributed by atoms with Crippen LogP contribution < -0.4 is 5.32 Å². The molecular weight excluding hydrogens is 244 g/mol. The minimum Gasteiger partial charge on any atom is -0.360 e. The van der Waals surface area contributed by atoms with Crippen molar-refractivity contribution >= 4 is 16.5 Å². The molecule has 1 aromatic rings. The van der Waals surface area contributed by atoms with Crippen LogP contribution >= 0.6 is 11.3 Å².